The van der Waals surface area contributed by atoms with Gasteiger partial charge in [0.05, 0.1) is 5.69 Å². The highest BCUT2D eigenvalue weighted by Gasteiger charge is 2.26. The van der Waals surface area contributed by atoms with Gasteiger partial charge in [0, 0.05) is 24.7 Å². The lowest BCUT2D eigenvalue weighted by Crippen LogP contribution is -2.45. The molecule has 108 valence electrons. The van der Waals surface area contributed by atoms with E-state index in [2.05, 4.69) is 28.9 Å². The SMILES string of the molecule is CC(C)N1CCCCC1Cc1nnc2c(N)cccn12. The molecule has 2 aromatic heterocycles. The van der Waals surface area contributed by atoms with Crippen LogP contribution in [0.2, 0.25) is 0 Å². The van der Waals surface area contributed by atoms with Crippen molar-refractivity contribution >= 4 is 11.3 Å². The van der Waals surface area contributed by atoms with Gasteiger partial charge in [-0.2, -0.15) is 0 Å². The number of aromatic nitrogens is 3. The first kappa shape index (κ1) is 13.4. The van der Waals surface area contributed by atoms with Crippen LogP contribution in [0, 0.1) is 0 Å². The summed E-state index contributed by atoms with van der Waals surface area (Å²) >= 11 is 0. The van der Waals surface area contributed by atoms with E-state index in [1.807, 2.05) is 22.7 Å². The molecular formula is C15H23N5. The van der Waals surface area contributed by atoms with Crippen LogP contribution >= 0.6 is 0 Å². The number of rotatable bonds is 3. The molecular weight excluding hydrogens is 250 g/mol. The van der Waals surface area contributed by atoms with E-state index in [0.717, 1.165) is 17.9 Å². The molecule has 1 fully saturated rings. The Labute approximate surface area is 119 Å². The third-order valence-corrected chi connectivity index (χ3v) is 4.29. The Morgan fingerprint density at radius 1 is 1.35 bits per heavy atom. The zero-order chi connectivity index (χ0) is 14.1. The summed E-state index contributed by atoms with van der Waals surface area (Å²) in [6, 6.07) is 4.98. The summed E-state index contributed by atoms with van der Waals surface area (Å²) in [5.74, 6) is 1.02. The van der Waals surface area contributed by atoms with Crippen LogP contribution in [0.15, 0.2) is 18.3 Å². The van der Waals surface area contributed by atoms with E-state index < -0.39 is 0 Å². The van der Waals surface area contributed by atoms with Crippen LogP contribution in [0.5, 0.6) is 0 Å². The van der Waals surface area contributed by atoms with E-state index >= 15 is 0 Å². The van der Waals surface area contributed by atoms with E-state index in [1.54, 1.807) is 0 Å². The number of nitrogens with two attached hydrogens (primary N) is 1. The lowest BCUT2D eigenvalue weighted by molar-refractivity contribution is 0.110. The summed E-state index contributed by atoms with van der Waals surface area (Å²) in [7, 11) is 0. The Balaban J connectivity index is 1.86. The van der Waals surface area contributed by atoms with Crippen LogP contribution in [0.25, 0.3) is 5.65 Å². The fraction of sp³-hybridized carbons (Fsp3) is 0.600. The highest BCUT2D eigenvalue weighted by molar-refractivity contribution is 5.63. The van der Waals surface area contributed by atoms with Crippen molar-refractivity contribution < 1.29 is 0 Å². The molecule has 0 bridgehead atoms. The van der Waals surface area contributed by atoms with Gasteiger partial charge in [-0.3, -0.25) is 9.30 Å². The van der Waals surface area contributed by atoms with Crippen molar-refractivity contribution in [1.29, 1.82) is 0 Å². The number of nitrogens with zero attached hydrogens (tertiary/aromatic N) is 4. The van der Waals surface area contributed by atoms with Gasteiger partial charge < -0.3 is 5.73 Å². The Bertz CT molecular complexity index is 589. The first-order valence-corrected chi connectivity index (χ1v) is 7.50. The van der Waals surface area contributed by atoms with E-state index in [-0.39, 0.29) is 0 Å². The number of pyridine rings is 1. The van der Waals surface area contributed by atoms with Crippen LogP contribution in [0.3, 0.4) is 0 Å². The second-order valence-electron chi connectivity index (χ2n) is 5.96. The van der Waals surface area contributed by atoms with Gasteiger partial charge in [0.2, 0.25) is 0 Å². The molecule has 20 heavy (non-hydrogen) atoms. The zero-order valence-electron chi connectivity index (χ0n) is 12.3. The van der Waals surface area contributed by atoms with Crippen molar-refractivity contribution in [3.63, 3.8) is 0 Å². The minimum atomic E-state index is 0.567. The molecule has 1 aliphatic rings. The number of nitrogen functional groups attached to an aromatic ring is 1. The van der Waals surface area contributed by atoms with E-state index in [0.29, 0.717) is 17.8 Å². The van der Waals surface area contributed by atoms with Crippen molar-refractivity contribution in [2.75, 3.05) is 12.3 Å². The molecule has 0 aliphatic carbocycles. The highest BCUT2D eigenvalue weighted by Crippen LogP contribution is 2.23. The zero-order valence-corrected chi connectivity index (χ0v) is 12.3. The molecule has 1 atom stereocenters. The molecule has 0 radical (unpaired) electrons. The molecule has 2 aromatic rings. The fourth-order valence-electron chi connectivity index (χ4n) is 3.26. The molecule has 0 aromatic carbocycles. The van der Waals surface area contributed by atoms with Gasteiger partial charge in [0.1, 0.15) is 5.82 Å². The second kappa shape index (κ2) is 5.40. The van der Waals surface area contributed by atoms with Gasteiger partial charge in [0.15, 0.2) is 5.65 Å². The van der Waals surface area contributed by atoms with Crippen molar-refractivity contribution in [2.24, 2.45) is 0 Å². The molecule has 3 rings (SSSR count). The number of hydrogen-bond acceptors (Lipinski definition) is 4. The summed E-state index contributed by atoms with van der Waals surface area (Å²) in [4.78, 5) is 2.59. The van der Waals surface area contributed by atoms with Gasteiger partial charge in [-0.1, -0.05) is 6.42 Å². The number of piperidine rings is 1. The third kappa shape index (κ3) is 2.38. The normalized spacial score (nSPS) is 20.9. The Morgan fingerprint density at radius 2 is 2.20 bits per heavy atom. The predicted molar refractivity (Wildman–Crippen MR) is 80.6 cm³/mol. The molecule has 5 heteroatoms. The number of fused-ring (bicyclic) bond motifs is 1. The van der Waals surface area contributed by atoms with Gasteiger partial charge in [-0.05, 0) is 45.4 Å². The molecule has 0 amide bonds. The van der Waals surface area contributed by atoms with Gasteiger partial charge in [-0.15, -0.1) is 10.2 Å². The number of likely N-dealkylation sites (tertiary alicyclic amines) is 1. The highest BCUT2D eigenvalue weighted by atomic mass is 15.3. The summed E-state index contributed by atoms with van der Waals surface area (Å²) < 4.78 is 2.03. The molecule has 1 aliphatic heterocycles. The Hall–Kier alpha value is -1.62. The minimum Gasteiger partial charge on any atom is -0.396 e. The maximum Gasteiger partial charge on any atom is 0.183 e. The lowest BCUT2D eigenvalue weighted by atomic mass is 9.97. The van der Waals surface area contributed by atoms with Crippen molar-refractivity contribution in [2.45, 2.75) is 51.6 Å². The Kier molecular flexibility index (Phi) is 3.61. The summed E-state index contributed by atoms with van der Waals surface area (Å²) in [5.41, 5.74) is 7.41. The first-order chi connectivity index (χ1) is 9.66. The average molecular weight is 273 g/mol. The minimum absolute atomic E-state index is 0.567. The van der Waals surface area contributed by atoms with E-state index in [4.69, 9.17) is 5.73 Å². The monoisotopic (exact) mass is 273 g/mol. The molecule has 3 heterocycles. The first-order valence-electron chi connectivity index (χ1n) is 7.50. The van der Waals surface area contributed by atoms with Crippen LogP contribution in [-0.4, -0.2) is 38.1 Å². The van der Waals surface area contributed by atoms with Gasteiger partial charge in [-0.25, -0.2) is 0 Å². The largest absolute Gasteiger partial charge is 0.396 e. The van der Waals surface area contributed by atoms with Crippen molar-refractivity contribution in [3.05, 3.63) is 24.2 Å². The van der Waals surface area contributed by atoms with E-state index in [1.165, 1.54) is 25.8 Å². The topological polar surface area (TPSA) is 59.5 Å². The van der Waals surface area contributed by atoms with Crippen LogP contribution < -0.4 is 5.73 Å². The standard InChI is InChI=1S/C15H23N5/c1-11(2)19-8-4-3-6-12(19)10-14-17-18-15-13(16)7-5-9-20(14)15/h5,7,9,11-12H,3-4,6,8,10,16H2,1-2H3. The quantitative estimate of drug-likeness (QED) is 0.930. The maximum absolute atomic E-state index is 5.94. The van der Waals surface area contributed by atoms with E-state index in [9.17, 15) is 0 Å². The smallest absolute Gasteiger partial charge is 0.183 e. The molecule has 1 saturated heterocycles. The molecule has 1 unspecified atom stereocenters. The van der Waals surface area contributed by atoms with Crippen LogP contribution in [0.4, 0.5) is 5.69 Å². The summed E-state index contributed by atoms with van der Waals surface area (Å²) in [5, 5.41) is 8.57. The molecule has 2 N–H and O–H groups in total. The maximum atomic E-state index is 5.94. The van der Waals surface area contributed by atoms with Gasteiger partial charge >= 0.3 is 0 Å². The average Bonchev–Trinajstić information content (AvgIpc) is 2.84. The summed E-state index contributed by atoms with van der Waals surface area (Å²) in [6.45, 7) is 5.75. The number of hydrogen-bond donors (Lipinski definition) is 1. The lowest BCUT2D eigenvalue weighted by Gasteiger charge is -2.38. The van der Waals surface area contributed by atoms with Crippen LogP contribution in [0.1, 0.15) is 38.9 Å². The molecule has 0 spiro atoms. The predicted octanol–water partition coefficient (Wildman–Crippen LogP) is 2.12. The van der Waals surface area contributed by atoms with Crippen LogP contribution in [-0.2, 0) is 6.42 Å². The molecule has 5 nitrogen and oxygen atoms in total. The van der Waals surface area contributed by atoms with Crippen molar-refractivity contribution in [1.82, 2.24) is 19.5 Å². The third-order valence-electron chi connectivity index (χ3n) is 4.29. The summed E-state index contributed by atoms with van der Waals surface area (Å²) in [6.07, 6.45) is 6.82. The van der Waals surface area contributed by atoms with Gasteiger partial charge in [0.25, 0.3) is 0 Å². The second-order valence-corrected chi connectivity index (χ2v) is 5.96. The number of anilines is 1. The molecule has 0 saturated carbocycles. The van der Waals surface area contributed by atoms with Crippen molar-refractivity contribution in [3.8, 4) is 0 Å². The Morgan fingerprint density at radius 3 is 3.00 bits per heavy atom. The fourth-order valence-corrected chi connectivity index (χ4v) is 3.26.